The molecule has 1 saturated heterocycles. The summed E-state index contributed by atoms with van der Waals surface area (Å²) < 4.78 is 13.7. The first kappa shape index (κ1) is 16.0. The molecule has 0 bridgehead atoms. The van der Waals surface area contributed by atoms with E-state index in [2.05, 4.69) is 16.7 Å². The molecule has 1 atom stereocenters. The fourth-order valence-electron chi connectivity index (χ4n) is 2.80. The number of likely N-dealkylation sites (tertiary alicyclic amines) is 1. The van der Waals surface area contributed by atoms with Gasteiger partial charge in [-0.05, 0) is 37.1 Å². The van der Waals surface area contributed by atoms with Crippen LogP contribution in [0.4, 0.5) is 4.39 Å². The Morgan fingerprint density at radius 2 is 2.19 bits per heavy atom. The summed E-state index contributed by atoms with van der Waals surface area (Å²) >= 11 is 0. The number of nitrogens with zero attached hydrogens (tertiary/aromatic N) is 1. The van der Waals surface area contributed by atoms with Gasteiger partial charge in [0.2, 0.25) is 0 Å². The molecule has 1 aliphatic heterocycles. The number of hydrogen-bond donors (Lipinski definition) is 2. The van der Waals surface area contributed by atoms with Crippen LogP contribution in [-0.2, 0) is 6.54 Å². The van der Waals surface area contributed by atoms with Crippen LogP contribution in [0.15, 0.2) is 18.2 Å². The number of nitrogens with two attached hydrogens (primary N) is 1. The molecule has 1 unspecified atom stereocenters. The zero-order chi connectivity index (χ0) is 15.1. The van der Waals surface area contributed by atoms with E-state index in [4.69, 9.17) is 5.73 Å². The van der Waals surface area contributed by atoms with E-state index in [1.54, 1.807) is 12.1 Å². The van der Waals surface area contributed by atoms with E-state index in [1.807, 2.05) is 0 Å². The predicted molar refractivity (Wildman–Crippen MR) is 82.1 cm³/mol. The minimum Gasteiger partial charge on any atom is -0.395 e. The van der Waals surface area contributed by atoms with Crippen molar-refractivity contribution in [1.82, 2.24) is 4.90 Å². The molecule has 0 aliphatic carbocycles. The lowest BCUT2D eigenvalue weighted by atomic mass is 10.1. The highest BCUT2D eigenvalue weighted by Crippen LogP contribution is 2.20. The number of hydrogen-bond acceptors (Lipinski definition) is 3. The molecule has 1 heterocycles. The van der Waals surface area contributed by atoms with E-state index in [1.165, 1.54) is 18.9 Å². The topological polar surface area (TPSA) is 49.5 Å². The molecule has 2 rings (SSSR count). The summed E-state index contributed by atoms with van der Waals surface area (Å²) in [4.78, 5) is 2.29. The molecule has 0 saturated carbocycles. The third-order valence-electron chi connectivity index (χ3n) is 3.95. The molecule has 1 fully saturated rings. The minimum atomic E-state index is -0.311. The molecular formula is C17H23FN2O. The summed E-state index contributed by atoms with van der Waals surface area (Å²) in [5.74, 6) is 5.15. The van der Waals surface area contributed by atoms with Gasteiger partial charge in [0.15, 0.2) is 0 Å². The number of benzene rings is 1. The van der Waals surface area contributed by atoms with Crippen molar-refractivity contribution >= 4 is 0 Å². The van der Waals surface area contributed by atoms with Crippen LogP contribution in [0.1, 0.15) is 36.8 Å². The first-order valence-electron chi connectivity index (χ1n) is 7.57. The zero-order valence-corrected chi connectivity index (χ0v) is 12.3. The van der Waals surface area contributed by atoms with Crippen molar-refractivity contribution < 1.29 is 9.50 Å². The maximum absolute atomic E-state index is 13.7. The number of aliphatic hydroxyl groups is 1. The van der Waals surface area contributed by atoms with E-state index in [9.17, 15) is 9.50 Å². The quantitative estimate of drug-likeness (QED) is 0.836. The molecule has 4 heteroatoms. The van der Waals surface area contributed by atoms with Gasteiger partial charge in [-0.3, -0.25) is 4.90 Å². The van der Waals surface area contributed by atoms with Gasteiger partial charge in [-0.15, -0.1) is 0 Å². The van der Waals surface area contributed by atoms with Crippen molar-refractivity contribution in [2.24, 2.45) is 5.73 Å². The van der Waals surface area contributed by atoms with E-state index in [0.29, 0.717) is 5.56 Å². The maximum Gasteiger partial charge on any atom is 0.138 e. The molecule has 21 heavy (non-hydrogen) atoms. The van der Waals surface area contributed by atoms with Crippen LogP contribution in [-0.4, -0.2) is 35.7 Å². The fraction of sp³-hybridized carbons (Fsp3) is 0.529. The summed E-state index contributed by atoms with van der Waals surface area (Å²) in [6.07, 6.45) is 4.55. The van der Waals surface area contributed by atoms with Gasteiger partial charge in [-0.1, -0.05) is 30.7 Å². The Labute approximate surface area is 125 Å². The van der Waals surface area contributed by atoms with Crippen molar-refractivity contribution in [3.8, 4) is 11.8 Å². The summed E-state index contributed by atoms with van der Waals surface area (Å²) in [5, 5.41) is 9.54. The summed E-state index contributed by atoms with van der Waals surface area (Å²) in [6, 6.07) is 5.25. The lowest BCUT2D eigenvalue weighted by molar-refractivity contribution is 0.118. The van der Waals surface area contributed by atoms with Gasteiger partial charge in [-0.25, -0.2) is 4.39 Å². The van der Waals surface area contributed by atoms with Crippen LogP contribution in [0.2, 0.25) is 0 Å². The molecule has 114 valence electrons. The average Bonchev–Trinajstić information content (AvgIpc) is 2.72. The SMILES string of the molecule is NCC#Cc1cc(CN2CCCCCC2CO)ccc1F. The Kier molecular flexibility index (Phi) is 6.19. The highest BCUT2D eigenvalue weighted by Gasteiger charge is 2.20. The Bertz CT molecular complexity index is 521. The zero-order valence-electron chi connectivity index (χ0n) is 12.3. The third kappa shape index (κ3) is 4.53. The molecule has 3 N–H and O–H groups in total. The van der Waals surface area contributed by atoms with Crippen molar-refractivity contribution in [3.05, 3.63) is 35.1 Å². The second kappa shape index (κ2) is 8.14. The van der Waals surface area contributed by atoms with Crippen LogP contribution in [0.25, 0.3) is 0 Å². The van der Waals surface area contributed by atoms with Crippen molar-refractivity contribution in [1.29, 1.82) is 0 Å². The number of rotatable bonds is 3. The highest BCUT2D eigenvalue weighted by atomic mass is 19.1. The Balaban J connectivity index is 2.14. The normalized spacial score (nSPS) is 19.7. The highest BCUT2D eigenvalue weighted by molar-refractivity contribution is 5.38. The molecule has 0 aromatic heterocycles. The van der Waals surface area contributed by atoms with Gasteiger partial charge in [0, 0.05) is 12.6 Å². The number of aliphatic hydroxyl groups excluding tert-OH is 1. The van der Waals surface area contributed by atoms with E-state index >= 15 is 0 Å². The first-order chi connectivity index (χ1) is 10.2. The molecular weight excluding hydrogens is 267 g/mol. The lowest BCUT2D eigenvalue weighted by Crippen LogP contribution is -2.36. The van der Waals surface area contributed by atoms with Gasteiger partial charge in [0.25, 0.3) is 0 Å². The first-order valence-corrected chi connectivity index (χ1v) is 7.57. The van der Waals surface area contributed by atoms with Crippen LogP contribution in [0, 0.1) is 17.7 Å². The summed E-state index contributed by atoms with van der Waals surface area (Å²) in [6.45, 7) is 2.11. The lowest BCUT2D eigenvalue weighted by Gasteiger charge is -2.28. The van der Waals surface area contributed by atoms with Crippen molar-refractivity contribution in [2.45, 2.75) is 38.3 Å². The van der Waals surface area contributed by atoms with Gasteiger partial charge >= 0.3 is 0 Å². The molecule has 1 aromatic carbocycles. The van der Waals surface area contributed by atoms with Gasteiger partial charge in [0.1, 0.15) is 5.82 Å². The molecule has 0 radical (unpaired) electrons. The summed E-state index contributed by atoms with van der Waals surface area (Å²) in [5.41, 5.74) is 6.76. The smallest absolute Gasteiger partial charge is 0.138 e. The molecule has 1 aromatic rings. The molecule has 0 amide bonds. The molecule has 3 nitrogen and oxygen atoms in total. The maximum atomic E-state index is 13.7. The number of halogens is 1. The van der Waals surface area contributed by atoms with Gasteiger partial charge in [-0.2, -0.15) is 0 Å². The van der Waals surface area contributed by atoms with Gasteiger partial charge in [0.05, 0.1) is 18.7 Å². The van der Waals surface area contributed by atoms with Crippen molar-refractivity contribution in [3.63, 3.8) is 0 Å². The fourth-order valence-corrected chi connectivity index (χ4v) is 2.80. The minimum absolute atomic E-state index is 0.182. The second-order valence-corrected chi connectivity index (χ2v) is 5.48. The standard InChI is InChI=1S/C17H23FN2O/c18-17-8-7-14(11-15(17)5-4-9-19)12-20-10-3-1-2-6-16(20)13-21/h7-8,11,16,21H,1-3,6,9-10,12-13,19H2. The predicted octanol–water partition coefficient (Wildman–Crippen LogP) is 1.87. The Morgan fingerprint density at radius 3 is 2.95 bits per heavy atom. The van der Waals surface area contributed by atoms with Crippen LogP contribution in [0.3, 0.4) is 0 Å². The molecule has 1 aliphatic rings. The van der Waals surface area contributed by atoms with E-state index in [0.717, 1.165) is 31.5 Å². The van der Waals surface area contributed by atoms with Gasteiger partial charge < -0.3 is 10.8 Å². The van der Waals surface area contributed by atoms with Crippen LogP contribution in [0.5, 0.6) is 0 Å². The van der Waals surface area contributed by atoms with Crippen molar-refractivity contribution in [2.75, 3.05) is 19.7 Å². The van der Waals surface area contributed by atoms with Crippen LogP contribution >= 0.6 is 0 Å². The monoisotopic (exact) mass is 290 g/mol. The summed E-state index contributed by atoms with van der Waals surface area (Å²) in [7, 11) is 0. The molecule has 0 spiro atoms. The Morgan fingerprint density at radius 1 is 1.33 bits per heavy atom. The van der Waals surface area contributed by atoms with E-state index < -0.39 is 0 Å². The largest absolute Gasteiger partial charge is 0.395 e. The Hall–Kier alpha value is -1.41. The van der Waals surface area contributed by atoms with E-state index in [-0.39, 0.29) is 25.0 Å². The second-order valence-electron chi connectivity index (χ2n) is 5.48. The van der Waals surface area contributed by atoms with Crippen LogP contribution < -0.4 is 5.73 Å². The third-order valence-corrected chi connectivity index (χ3v) is 3.95. The average molecular weight is 290 g/mol.